The number of aromatic nitrogens is 2. The van der Waals surface area contributed by atoms with Crippen LogP contribution in [-0.4, -0.2) is 36.4 Å². The van der Waals surface area contributed by atoms with E-state index >= 15 is 0 Å². The molecule has 1 aromatic rings. The zero-order valence-corrected chi connectivity index (χ0v) is 11.0. The van der Waals surface area contributed by atoms with Crippen molar-refractivity contribution in [3.63, 3.8) is 0 Å². The first-order valence-electron chi connectivity index (χ1n) is 5.41. The summed E-state index contributed by atoms with van der Waals surface area (Å²) in [7, 11) is 1.60. The van der Waals surface area contributed by atoms with Crippen molar-refractivity contribution >= 4 is 22.4 Å². The maximum atomic E-state index is 11.5. The maximum Gasteiger partial charge on any atom is 0.228 e. The Bertz CT molecular complexity index is 356. The van der Waals surface area contributed by atoms with Gasteiger partial charge in [0.05, 0.1) is 13.0 Å². The van der Waals surface area contributed by atoms with Gasteiger partial charge < -0.3 is 14.8 Å². The van der Waals surface area contributed by atoms with E-state index in [1.54, 1.807) is 7.11 Å². The monoisotopic (exact) mass is 259 g/mol. The summed E-state index contributed by atoms with van der Waals surface area (Å²) < 4.78 is 10.2. The molecule has 0 saturated heterocycles. The number of nitrogens with zero attached hydrogens (tertiary/aromatic N) is 2. The van der Waals surface area contributed by atoms with Crippen molar-refractivity contribution in [3.8, 4) is 0 Å². The second kappa shape index (κ2) is 7.31. The molecule has 1 N–H and O–H groups in total. The summed E-state index contributed by atoms with van der Waals surface area (Å²) in [5.74, 6) is -0.119. The van der Waals surface area contributed by atoms with Gasteiger partial charge >= 0.3 is 0 Å². The number of carbonyl (C=O) groups excluding carboxylic acids is 1. The third-order valence-electron chi connectivity index (χ3n) is 2.07. The van der Waals surface area contributed by atoms with Gasteiger partial charge in [-0.1, -0.05) is 11.3 Å². The predicted octanol–water partition coefficient (Wildman–Crippen LogP) is 1.61. The zero-order chi connectivity index (χ0) is 12.7. The summed E-state index contributed by atoms with van der Waals surface area (Å²) in [4.78, 5) is 11.5. The van der Waals surface area contributed by atoms with Gasteiger partial charge in [0.1, 0.15) is 11.1 Å². The van der Waals surface area contributed by atoms with Crippen molar-refractivity contribution in [2.75, 3.05) is 25.6 Å². The van der Waals surface area contributed by atoms with E-state index in [9.17, 15) is 4.79 Å². The number of carbonyl (C=O) groups is 1. The Morgan fingerprint density at radius 1 is 1.53 bits per heavy atom. The Labute approximate surface area is 104 Å². The van der Waals surface area contributed by atoms with Gasteiger partial charge in [-0.2, -0.15) is 0 Å². The predicted molar refractivity (Wildman–Crippen MR) is 65.1 cm³/mol. The summed E-state index contributed by atoms with van der Waals surface area (Å²) in [5, 5.41) is 11.7. The van der Waals surface area contributed by atoms with Crippen LogP contribution in [0.5, 0.6) is 0 Å². The molecule has 1 unspecified atom stereocenters. The highest BCUT2D eigenvalue weighted by molar-refractivity contribution is 7.15. The van der Waals surface area contributed by atoms with E-state index in [0.717, 1.165) is 5.01 Å². The van der Waals surface area contributed by atoms with E-state index in [1.807, 2.05) is 13.8 Å². The standard InChI is InChI=1S/C10H17N3O3S/c1-4-16-6-5-8(14)11-10-13-12-9(17-10)7(2)15-3/h7H,4-6H2,1-3H3,(H,11,13,14). The molecule has 0 aliphatic heterocycles. The van der Waals surface area contributed by atoms with E-state index in [1.165, 1.54) is 11.3 Å². The summed E-state index contributed by atoms with van der Waals surface area (Å²) in [5.41, 5.74) is 0. The van der Waals surface area contributed by atoms with E-state index in [0.29, 0.717) is 24.8 Å². The van der Waals surface area contributed by atoms with Crippen LogP contribution >= 0.6 is 11.3 Å². The lowest BCUT2D eigenvalue weighted by molar-refractivity contribution is -0.117. The summed E-state index contributed by atoms with van der Waals surface area (Å²) in [6.07, 6.45) is 0.212. The van der Waals surface area contributed by atoms with Crippen LogP contribution in [-0.2, 0) is 14.3 Å². The van der Waals surface area contributed by atoms with Crippen LogP contribution in [0, 0.1) is 0 Å². The minimum Gasteiger partial charge on any atom is -0.381 e. The number of hydrogen-bond donors (Lipinski definition) is 1. The van der Waals surface area contributed by atoms with Gasteiger partial charge in [-0.05, 0) is 13.8 Å². The average molecular weight is 259 g/mol. The minimum atomic E-state index is -0.119. The summed E-state index contributed by atoms with van der Waals surface area (Å²) in [6, 6.07) is 0. The van der Waals surface area contributed by atoms with E-state index in [-0.39, 0.29) is 12.0 Å². The van der Waals surface area contributed by atoms with Crippen LogP contribution < -0.4 is 5.32 Å². The first-order valence-corrected chi connectivity index (χ1v) is 6.22. The molecule has 1 rings (SSSR count). The molecule has 17 heavy (non-hydrogen) atoms. The van der Waals surface area contributed by atoms with Crippen molar-refractivity contribution < 1.29 is 14.3 Å². The Kier molecular flexibility index (Phi) is 6.03. The SMILES string of the molecule is CCOCCC(=O)Nc1nnc(C(C)OC)s1. The van der Waals surface area contributed by atoms with Gasteiger partial charge in [0, 0.05) is 13.7 Å². The Morgan fingerprint density at radius 3 is 2.94 bits per heavy atom. The van der Waals surface area contributed by atoms with Gasteiger partial charge in [-0.3, -0.25) is 4.79 Å². The fourth-order valence-corrected chi connectivity index (χ4v) is 1.83. The first-order chi connectivity index (χ1) is 8.17. The smallest absolute Gasteiger partial charge is 0.228 e. The lowest BCUT2D eigenvalue weighted by Crippen LogP contribution is -2.13. The van der Waals surface area contributed by atoms with Crippen LogP contribution in [0.3, 0.4) is 0 Å². The molecule has 0 spiro atoms. The number of methoxy groups -OCH3 is 1. The van der Waals surface area contributed by atoms with Gasteiger partial charge in [0.25, 0.3) is 0 Å². The molecule has 0 bridgehead atoms. The van der Waals surface area contributed by atoms with Gasteiger partial charge in [0.15, 0.2) is 0 Å². The summed E-state index contributed by atoms with van der Waals surface area (Å²) in [6.45, 7) is 4.80. The maximum absolute atomic E-state index is 11.5. The fraction of sp³-hybridized carbons (Fsp3) is 0.700. The molecule has 0 saturated carbocycles. The van der Waals surface area contributed by atoms with Crippen molar-refractivity contribution in [3.05, 3.63) is 5.01 Å². The molecule has 0 aliphatic carbocycles. The molecular weight excluding hydrogens is 242 g/mol. The van der Waals surface area contributed by atoms with Crippen LogP contribution in [0.4, 0.5) is 5.13 Å². The number of ether oxygens (including phenoxy) is 2. The lowest BCUT2D eigenvalue weighted by atomic mass is 10.4. The van der Waals surface area contributed by atoms with E-state index in [4.69, 9.17) is 9.47 Å². The highest BCUT2D eigenvalue weighted by Gasteiger charge is 2.12. The topological polar surface area (TPSA) is 73.3 Å². The second-order valence-electron chi connectivity index (χ2n) is 3.32. The molecule has 1 heterocycles. The molecule has 6 nitrogen and oxygen atoms in total. The molecule has 7 heteroatoms. The molecule has 96 valence electrons. The minimum absolute atomic E-state index is 0.110. The van der Waals surface area contributed by atoms with Crippen molar-refractivity contribution in [2.24, 2.45) is 0 Å². The Balaban J connectivity index is 2.40. The third kappa shape index (κ3) is 4.76. The number of hydrogen-bond acceptors (Lipinski definition) is 6. The van der Waals surface area contributed by atoms with Crippen LogP contribution in [0.15, 0.2) is 0 Å². The normalized spacial score (nSPS) is 12.4. The van der Waals surface area contributed by atoms with Crippen LogP contribution in [0.1, 0.15) is 31.4 Å². The molecule has 0 aromatic carbocycles. The van der Waals surface area contributed by atoms with Gasteiger partial charge in [-0.25, -0.2) is 0 Å². The highest BCUT2D eigenvalue weighted by atomic mass is 32.1. The fourth-order valence-electron chi connectivity index (χ4n) is 1.04. The Hall–Kier alpha value is -1.05. The lowest BCUT2D eigenvalue weighted by Gasteiger charge is -2.02. The number of amides is 1. The molecule has 0 aliphatic rings. The van der Waals surface area contributed by atoms with E-state index < -0.39 is 0 Å². The molecule has 1 atom stereocenters. The van der Waals surface area contributed by atoms with Crippen molar-refractivity contribution in [2.45, 2.75) is 26.4 Å². The first kappa shape index (κ1) is 14.0. The van der Waals surface area contributed by atoms with Gasteiger partial charge in [-0.15, -0.1) is 10.2 Å². The van der Waals surface area contributed by atoms with E-state index in [2.05, 4.69) is 15.5 Å². The Morgan fingerprint density at radius 2 is 2.29 bits per heavy atom. The number of nitrogens with one attached hydrogen (secondary N) is 1. The highest BCUT2D eigenvalue weighted by Crippen LogP contribution is 2.23. The summed E-state index contributed by atoms with van der Waals surface area (Å²) >= 11 is 1.31. The molecular formula is C10H17N3O3S. The molecule has 1 amide bonds. The van der Waals surface area contributed by atoms with Gasteiger partial charge in [0.2, 0.25) is 11.0 Å². The molecule has 0 radical (unpaired) electrons. The quantitative estimate of drug-likeness (QED) is 0.753. The third-order valence-corrected chi connectivity index (χ3v) is 3.07. The van der Waals surface area contributed by atoms with Crippen LogP contribution in [0.25, 0.3) is 0 Å². The average Bonchev–Trinajstić information content (AvgIpc) is 2.77. The largest absolute Gasteiger partial charge is 0.381 e. The van der Waals surface area contributed by atoms with Crippen LogP contribution in [0.2, 0.25) is 0 Å². The molecule has 0 fully saturated rings. The number of rotatable bonds is 7. The second-order valence-corrected chi connectivity index (χ2v) is 4.33. The van der Waals surface area contributed by atoms with Crippen molar-refractivity contribution in [1.29, 1.82) is 0 Å². The zero-order valence-electron chi connectivity index (χ0n) is 10.2. The van der Waals surface area contributed by atoms with Crippen molar-refractivity contribution in [1.82, 2.24) is 10.2 Å². The number of anilines is 1. The molecule has 1 aromatic heterocycles.